The van der Waals surface area contributed by atoms with E-state index in [-0.39, 0.29) is 24.5 Å². The molecule has 0 aromatic heterocycles. The van der Waals surface area contributed by atoms with Crippen LogP contribution in [-0.4, -0.2) is 31.5 Å². The lowest BCUT2D eigenvalue weighted by Crippen LogP contribution is -2.38. The number of ether oxygens (including phenoxy) is 1. The van der Waals surface area contributed by atoms with Gasteiger partial charge in [-0.3, -0.25) is 9.59 Å². The van der Waals surface area contributed by atoms with Crippen molar-refractivity contribution in [2.75, 3.05) is 18.6 Å². The highest BCUT2D eigenvalue weighted by Gasteiger charge is 2.22. The minimum atomic E-state index is -0.276. The average molecular weight is 480 g/mol. The van der Waals surface area contributed by atoms with Gasteiger partial charge in [0.2, 0.25) is 0 Å². The van der Waals surface area contributed by atoms with Crippen LogP contribution in [0.3, 0.4) is 0 Å². The van der Waals surface area contributed by atoms with Gasteiger partial charge < -0.3 is 15.0 Å². The Morgan fingerprint density at radius 3 is 2.62 bits per heavy atom. The molecule has 0 atom stereocenters. The lowest BCUT2D eigenvalue weighted by molar-refractivity contribution is -0.120. The molecule has 1 aliphatic rings. The minimum Gasteiger partial charge on any atom is -0.482 e. The first-order valence-corrected chi connectivity index (χ1v) is 10.9. The van der Waals surface area contributed by atoms with Crippen molar-refractivity contribution in [2.24, 2.45) is 0 Å². The topological polar surface area (TPSA) is 58.6 Å². The van der Waals surface area contributed by atoms with E-state index in [0.717, 1.165) is 30.2 Å². The molecule has 3 rings (SSSR count). The number of halogens is 2. The van der Waals surface area contributed by atoms with Crippen LogP contribution in [0.2, 0.25) is 5.02 Å². The van der Waals surface area contributed by atoms with Gasteiger partial charge in [-0.25, -0.2) is 0 Å². The normalized spacial score (nSPS) is 14.3. The zero-order valence-electron chi connectivity index (χ0n) is 16.3. The molecule has 0 unspecified atom stereocenters. The molecule has 0 spiro atoms. The van der Waals surface area contributed by atoms with E-state index in [1.807, 2.05) is 6.07 Å². The van der Waals surface area contributed by atoms with Gasteiger partial charge in [0, 0.05) is 17.6 Å². The van der Waals surface area contributed by atoms with Crippen molar-refractivity contribution in [3.63, 3.8) is 0 Å². The Labute approximate surface area is 184 Å². The third kappa shape index (κ3) is 5.73. The first kappa shape index (κ1) is 21.7. The van der Waals surface area contributed by atoms with Crippen LogP contribution in [0.1, 0.15) is 42.5 Å². The Bertz CT molecular complexity index is 884. The van der Waals surface area contributed by atoms with Crippen LogP contribution in [-0.2, 0) is 4.79 Å². The number of amides is 2. The highest BCUT2D eigenvalue weighted by atomic mass is 79.9. The van der Waals surface area contributed by atoms with E-state index < -0.39 is 0 Å². The zero-order valence-corrected chi connectivity index (χ0v) is 18.6. The number of hydrogen-bond donors (Lipinski definition) is 1. The molecule has 0 aliphatic heterocycles. The van der Waals surface area contributed by atoms with Crippen LogP contribution < -0.4 is 15.0 Å². The van der Waals surface area contributed by atoms with Crippen LogP contribution in [0.25, 0.3) is 0 Å². The fraction of sp³-hybridized carbons (Fsp3) is 0.364. The molecule has 5 nitrogen and oxygen atoms in total. The summed E-state index contributed by atoms with van der Waals surface area (Å²) < 4.78 is 6.40. The lowest BCUT2D eigenvalue weighted by atomic mass is 9.95. The number of carbonyl (C=O) groups is 2. The fourth-order valence-corrected chi connectivity index (χ4v) is 4.16. The van der Waals surface area contributed by atoms with Gasteiger partial charge in [-0.15, -0.1) is 0 Å². The number of nitrogens with one attached hydrogen (secondary N) is 1. The van der Waals surface area contributed by atoms with Crippen molar-refractivity contribution in [1.29, 1.82) is 0 Å². The van der Waals surface area contributed by atoms with Crippen LogP contribution in [0.15, 0.2) is 46.9 Å². The van der Waals surface area contributed by atoms with Crippen LogP contribution in [0, 0.1) is 0 Å². The van der Waals surface area contributed by atoms with E-state index in [9.17, 15) is 9.59 Å². The quantitative estimate of drug-likeness (QED) is 0.619. The predicted octanol–water partition coefficient (Wildman–Crippen LogP) is 5.21. The summed E-state index contributed by atoms with van der Waals surface area (Å²) in [6, 6.07) is 12.5. The summed E-state index contributed by atoms with van der Waals surface area (Å²) >= 11 is 9.47. The Balaban J connectivity index is 1.67. The van der Waals surface area contributed by atoms with Gasteiger partial charge >= 0.3 is 0 Å². The van der Waals surface area contributed by atoms with Crippen LogP contribution in [0.5, 0.6) is 5.75 Å². The molecule has 1 saturated carbocycles. The molecule has 1 fully saturated rings. The van der Waals surface area contributed by atoms with Gasteiger partial charge in [-0.05, 0) is 43.2 Å². The summed E-state index contributed by atoms with van der Waals surface area (Å²) in [7, 11) is 1.64. The summed E-state index contributed by atoms with van der Waals surface area (Å²) in [4.78, 5) is 26.9. The van der Waals surface area contributed by atoms with Crippen molar-refractivity contribution in [3.05, 3.63) is 57.5 Å². The van der Waals surface area contributed by atoms with E-state index in [4.69, 9.17) is 16.3 Å². The van der Waals surface area contributed by atoms with E-state index >= 15 is 0 Å². The fourth-order valence-electron chi connectivity index (χ4n) is 3.43. The van der Waals surface area contributed by atoms with Gasteiger partial charge in [0.25, 0.3) is 11.8 Å². The summed E-state index contributed by atoms with van der Waals surface area (Å²) in [5, 5.41) is 3.53. The maximum Gasteiger partial charge on any atom is 0.264 e. The van der Waals surface area contributed by atoms with E-state index in [1.54, 1.807) is 43.4 Å². The average Bonchev–Trinajstić information content (AvgIpc) is 2.73. The van der Waals surface area contributed by atoms with Gasteiger partial charge in [-0.1, -0.05) is 58.9 Å². The SMILES string of the molecule is CN(C(=O)COc1ccc(Br)cc1Cl)c1ccccc1C(=O)NC1CCCCC1. The molecule has 0 radical (unpaired) electrons. The number of hydrogen-bond acceptors (Lipinski definition) is 3. The van der Waals surface area contributed by atoms with Gasteiger partial charge in [0.15, 0.2) is 6.61 Å². The number of nitrogens with zero attached hydrogens (tertiary/aromatic N) is 1. The molecule has 2 aromatic rings. The molecule has 0 heterocycles. The van der Waals surface area contributed by atoms with Gasteiger partial charge in [0.1, 0.15) is 5.75 Å². The van der Waals surface area contributed by atoms with Crippen molar-refractivity contribution in [3.8, 4) is 5.75 Å². The smallest absolute Gasteiger partial charge is 0.264 e. The van der Waals surface area contributed by atoms with Crippen molar-refractivity contribution in [1.82, 2.24) is 5.32 Å². The summed E-state index contributed by atoms with van der Waals surface area (Å²) in [5.41, 5.74) is 1.03. The number of para-hydroxylation sites is 1. The second-order valence-electron chi connectivity index (χ2n) is 7.14. The number of benzene rings is 2. The third-order valence-electron chi connectivity index (χ3n) is 5.07. The first-order valence-electron chi connectivity index (χ1n) is 9.70. The van der Waals surface area contributed by atoms with Crippen molar-refractivity contribution in [2.45, 2.75) is 38.1 Å². The summed E-state index contributed by atoms with van der Waals surface area (Å²) in [5.74, 6) is 0.00543. The van der Waals surface area contributed by atoms with E-state index in [1.165, 1.54) is 11.3 Å². The van der Waals surface area contributed by atoms with Crippen molar-refractivity contribution >= 4 is 45.0 Å². The third-order valence-corrected chi connectivity index (χ3v) is 5.86. The first-order chi connectivity index (χ1) is 14.0. The number of anilines is 1. The molecular weight excluding hydrogens is 456 g/mol. The molecule has 7 heteroatoms. The molecule has 1 N–H and O–H groups in total. The Kier molecular flexibility index (Phi) is 7.56. The number of rotatable bonds is 6. The zero-order chi connectivity index (χ0) is 20.8. The van der Waals surface area contributed by atoms with Crippen LogP contribution in [0.4, 0.5) is 5.69 Å². The van der Waals surface area contributed by atoms with Crippen molar-refractivity contribution < 1.29 is 14.3 Å². The maximum atomic E-state index is 12.8. The molecule has 0 bridgehead atoms. The van der Waals surface area contributed by atoms with E-state index in [2.05, 4.69) is 21.2 Å². The van der Waals surface area contributed by atoms with Gasteiger partial charge in [0.05, 0.1) is 16.3 Å². The predicted molar refractivity (Wildman–Crippen MR) is 119 cm³/mol. The minimum absolute atomic E-state index is 0.149. The van der Waals surface area contributed by atoms with Gasteiger partial charge in [-0.2, -0.15) is 0 Å². The maximum absolute atomic E-state index is 12.8. The number of likely N-dealkylation sites (N-methyl/N-ethyl adjacent to an activating group) is 1. The molecule has 2 aromatic carbocycles. The van der Waals surface area contributed by atoms with E-state index in [0.29, 0.717) is 22.0 Å². The highest BCUT2D eigenvalue weighted by Crippen LogP contribution is 2.28. The molecule has 0 saturated heterocycles. The second kappa shape index (κ2) is 10.1. The Morgan fingerprint density at radius 2 is 1.90 bits per heavy atom. The molecule has 1 aliphatic carbocycles. The molecular formula is C22H24BrClN2O3. The Hall–Kier alpha value is -2.05. The lowest BCUT2D eigenvalue weighted by Gasteiger charge is -2.25. The molecule has 2 amide bonds. The molecule has 29 heavy (non-hydrogen) atoms. The largest absolute Gasteiger partial charge is 0.482 e. The highest BCUT2D eigenvalue weighted by molar-refractivity contribution is 9.10. The second-order valence-corrected chi connectivity index (χ2v) is 8.46. The van der Waals surface area contributed by atoms with Crippen LogP contribution >= 0.6 is 27.5 Å². The monoisotopic (exact) mass is 478 g/mol. The number of carbonyl (C=O) groups excluding carboxylic acids is 2. The summed E-state index contributed by atoms with van der Waals surface area (Å²) in [6.45, 7) is -0.184. The molecule has 154 valence electrons. The summed E-state index contributed by atoms with van der Waals surface area (Å²) in [6.07, 6.45) is 5.51. The Morgan fingerprint density at radius 1 is 1.17 bits per heavy atom. The standard InChI is InChI=1S/C22H24BrClN2O3/c1-26(21(27)14-29-20-12-11-15(23)13-18(20)24)19-10-6-5-9-17(19)22(28)25-16-7-3-2-4-8-16/h5-6,9-13,16H,2-4,7-8,14H2,1H3,(H,25,28).